The fourth-order valence-corrected chi connectivity index (χ4v) is 2.24. The molecule has 94 valence electrons. The van der Waals surface area contributed by atoms with Gasteiger partial charge in [-0.2, -0.15) is 0 Å². The topological polar surface area (TPSA) is 54.0 Å². The first-order valence-corrected chi connectivity index (χ1v) is 6.54. The molecule has 0 aliphatic rings. The van der Waals surface area contributed by atoms with E-state index in [4.69, 9.17) is 0 Å². The van der Waals surface area contributed by atoms with Gasteiger partial charge in [-0.15, -0.1) is 11.3 Å². The number of carbonyl (C=O) groups is 1. The Morgan fingerprint density at radius 1 is 1.44 bits per heavy atom. The van der Waals surface area contributed by atoms with E-state index >= 15 is 0 Å². The van der Waals surface area contributed by atoms with Crippen LogP contribution in [0.3, 0.4) is 0 Å². The lowest BCUT2D eigenvalue weighted by Gasteiger charge is -2.06. The summed E-state index contributed by atoms with van der Waals surface area (Å²) in [5.74, 6) is -0.0518. The quantitative estimate of drug-likeness (QED) is 0.887. The number of aryl methyl sites for hydroxylation is 1. The van der Waals surface area contributed by atoms with E-state index in [0.29, 0.717) is 6.54 Å². The lowest BCUT2D eigenvalue weighted by Crippen LogP contribution is -2.24. The summed E-state index contributed by atoms with van der Waals surface area (Å²) in [4.78, 5) is 15.9. The van der Waals surface area contributed by atoms with Crippen molar-refractivity contribution in [3.63, 3.8) is 0 Å². The molecule has 0 saturated carbocycles. The van der Waals surface area contributed by atoms with Gasteiger partial charge in [0.2, 0.25) is 5.91 Å². The molecular weight excluding hydrogens is 246 g/mol. The number of nitrogens with one attached hydrogen (secondary N) is 2. The molecule has 0 radical (unpaired) electrons. The highest BCUT2D eigenvalue weighted by molar-refractivity contribution is 7.09. The third-order valence-corrected chi connectivity index (χ3v) is 3.17. The van der Waals surface area contributed by atoms with E-state index in [-0.39, 0.29) is 5.91 Å². The van der Waals surface area contributed by atoms with Gasteiger partial charge in [-0.05, 0) is 26.1 Å². The number of rotatable bonds is 4. The molecule has 0 spiro atoms. The van der Waals surface area contributed by atoms with Crippen LogP contribution in [0.25, 0.3) is 11.3 Å². The minimum atomic E-state index is -0.0518. The van der Waals surface area contributed by atoms with Crippen molar-refractivity contribution in [3.05, 3.63) is 34.7 Å². The number of benzene rings is 1. The van der Waals surface area contributed by atoms with Gasteiger partial charge in [0.25, 0.3) is 0 Å². The number of likely N-dealkylation sites (N-methyl/N-ethyl adjacent to an activating group) is 1. The SMILES string of the molecule is CNCC(=O)Nc1cccc(-c2csc(C)n2)c1. The van der Waals surface area contributed by atoms with Crippen molar-refractivity contribution in [2.45, 2.75) is 6.92 Å². The summed E-state index contributed by atoms with van der Waals surface area (Å²) in [6.45, 7) is 2.28. The normalized spacial score (nSPS) is 10.3. The van der Waals surface area contributed by atoms with Crippen LogP contribution in [0.4, 0.5) is 5.69 Å². The zero-order chi connectivity index (χ0) is 13.0. The first-order valence-electron chi connectivity index (χ1n) is 5.66. The highest BCUT2D eigenvalue weighted by atomic mass is 32.1. The average molecular weight is 261 g/mol. The maximum absolute atomic E-state index is 11.5. The Hall–Kier alpha value is -1.72. The molecule has 1 amide bonds. The fourth-order valence-electron chi connectivity index (χ4n) is 1.62. The zero-order valence-corrected chi connectivity index (χ0v) is 11.2. The molecule has 1 heterocycles. The molecule has 0 bridgehead atoms. The third-order valence-electron chi connectivity index (χ3n) is 2.40. The second-order valence-corrected chi connectivity index (χ2v) is 4.97. The molecule has 1 aromatic carbocycles. The number of hydrogen-bond donors (Lipinski definition) is 2. The highest BCUT2D eigenvalue weighted by Gasteiger charge is 2.05. The van der Waals surface area contributed by atoms with Gasteiger partial charge in [-0.1, -0.05) is 12.1 Å². The summed E-state index contributed by atoms with van der Waals surface area (Å²) in [7, 11) is 1.74. The van der Waals surface area contributed by atoms with Gasteiger partial charge in [0.1, 0.15) is 0 Å². The predicted octanol–water partition coefficient (Wildman–Crippen LogP) is 2.28. The van der Waals surface area contributed by atoms with Gasteiger partial charge in [0.15, 0.2) is 0 Å². The lowest BCUT2D eigenvalue weighted by atomic mass is 10.1. The maximum atomic E-state index is 11.5. The van der Waals surface area contributed by atoms with E-state index in [1.165, 1.54) is 0 Å². The molecule has 4 nitrogen and oxygen atoms in total. The van der Waals surface area contributed by atoms with E-state index in [1.54, 1.807) is 18.4 Å². The van der Waals surface area contributed by atoms with Crippen LogP contribution in [-0.4, -0.2) is 24.5 Å². The van der Waals surface area contributed by atoms with E-state index in [0.717, 1.165) is 22.0 Å². The first kappa shape index (κ1) is 12.7. The number of anilines is 1. The van der Waals surface area contributed by atoms with Crippen molar-refractivity contribution in [1.82, 2.24) is 10.3 Å². The van der Waals surface area contributed by atoms with Crippen molar-refractivity contribution < 1.29 is 4.79 Å². The van der Waals surface area contributed by atoms with Crippen molar-refractivity contribution in [2.75, 3.05) is 18.9 Å². The molecule has 2 rings (SSSR count). The Bertz CT molecular complexity index is 551. The Balaban J connectivity index is 2.17. The molecule has 18 heavy (non-hydrogen) atoms. The second kappa shape index (κ2) is 5.75. The van der Waals surface area contributed by atoms with Crippen LogP contribution in [0, 0.1) is 6.92 Å². The minimum absolute atomic E-state index is 0.0518. The van der Waals surface area contributed by atoms with Gasteiger partial charge >= 0.3 is 0 Å². The molecule has 0 atom stereocenters. The third kappa shape index (κ3) is 3.15. The first-order chi connectivity index (χ1) is 8.69. The summed E-state index contributed by atoms with van der Waals surface area (Å²) < 4.78 is 0. The van der Waals surface area contributed by atoms with Crippen LogP contribution >= 0.6 is 11.3 Å². The number of amides is 1. The monoisotopic (exact) mass is 261 g/mol. The Kier molecular flexibility index (Phi) is 4.07. The standard InChI is InChI=1S/C13H15N3OS/c1-9-15-12(8-18-9)10-4-3-5-11(6-10)16-13(17)7-14-2/h3-6,8,14H,7H2,1-2H3,(H,16,17). The Labute approximate surface area is 110 Å². The van der Waals surface area contributed by atoms with Crippen LogP contribution in [-0.2, 0) is 4.79 Å². The molecule has 5 heteroatoms. The molecule has 2 aromatic rings. The van der Waals surface area contributed by atoms with Crippen LogP contribution in [0.1, 0.15) is 5.01 Å². The number of aromatic nitrogens is 1. The number of nitrogens with zero attached hydrogens (tertiary/aromatic N) is 1. The van der Waals surface area contributed by atoms with Crippen LogP contribution in [0.2, 0.25) is 0 Å². The fraction of sp³-hybridized carbons (Fsp3) is 0.231. The molecular formula is C13H15N3OS. The molecule has 2 N–H and O–H groups in total. The van der Waals surface area contributed by atoms with E-state index in [2.05, 4.69) is 15.6 Å². The van der Waals surface area contributed by atoms with Crippen LogP contribution in [0.15, 0.2) is 29.6 Å². The molecule has 0 unspecified atom stereocenters. The second-order valence-electron chi connectivity index (χ2n) is 3.91. The molecule has 0 saturated heterocycles. The molecule has 1 aromatic heterocycles. The number of thiazole rings is 1. The van der Waals surface area contributed by atoms with E-state index in [9.17, 15) is 4.79 Å². The van der Waals surface area contributed by atoms with E-state index < -0.39 is 0 Å². The smallest absolute Gasteiger partial charge is 0.238 e. The minimum Gasteiger partial charge on any atom is -0.325 e. The van der Waals surface area contributed by atoms with Crippen LogP contribution < -0.4 is 10.6 Å². The zero-order valence-electron chi connectivity index (χ0n) is 10.4. The summed E-state index contributed by atoms with van der Waals surface area (Å²) >= 11 is 1.62. The molecule has 0 aliphatic heterocycles. The number of hydrogen-bond acceptors (Lipinski definition) is 4. The van der Waals surface area contributed by atoms with Crippen molar-refractivity contribution in [1.29, 1.82) is 0 Å². The lowest BCUT2D eigenvalue weighted by molar-refractivity contribution is -0.115. The predicted molar refractivity (Wildman–Crippen MR) is 74.8 cm³/mol. The summed E-state index contributed by atoms with van der Waals surface area (Å²) in [6, 6.07) is 7.71. The maximum Gasteiger partial charge on any atom is 0.238 e. The van der Waals surface area contributed by atoms with Crippen molar-refractivity contribution >= 4 is 22.9 Å². The Morgan fingerprint density at radius 3 is 2.94 bits per heavy atom. The van der Waals surface area contributed by atoms with Gasteiger partial charge in [0, 0.05) is 16.6 Å². The van der Waals surface area contributed by atoms with Gasteiger partial charge in [-0.3, -0.25) is 4.79 Å². The highest BCUT2D eigenvalue weighted by Crippen LogP contribution is 2.23. The van der Waals surface area contributed by atoms with Gasteiger partial charge < -0.3 is 10.6 Å². The molecule has 0 aliphatic carbocycles. The molecule has 0 fully saturated rings. The van der Waals surface area contributed by atoms with Gasteiger partial charge in [0.05, 0.1) is 17.2 Å². The summed E-state index contributed by atoms with van der Waals surface area (Å²) in [5, 5.41) is 8.70. The summed E-state index contributed by atoms with van der Waals surface area (Å²) in [5.41, 5.74) is 2.75. The number of carbonyl (C=O) groups excluding carboxylic acids is 1. The largest absolute Gasteiger partial charge is 0.325 e. The van der Waals surface area contributed by atoms with E-state index in [1.807, 2.05) is 36.6 Å². The van der Waals surface area contributed by atoms with Crippen molar-refractivity contribution in [3.8, 4) is 11.3 Å². The van der Waals surface area contributed by atoms with Gasteiger partial charge in [-0.25, -0.2) is 4.98 Å². The Morgan fingerprint density at radius 2 is 2.28 bits per heavy atom. The van der Waals surface area contributed by atoms with Crippen molar-refractivity contribution in [2.24, 2.45) is 0 Å². The van der Waals surface area contributed by atoms with Crippen LogP contribution in [0.5, 0.6) is 0 Å². The summed E-state index contributed by atoms with van der Waals surface area (Å²) in [6.07, 6.45) is 0. The average Bonchev–Trinajstić information content (AvgIpc) is 2.76.